The maximum Gasteiger partial charge on any atom is 0.291 e. The van der Waals surface area contributed by atoms with Gasteiger partial charge in [0.15, 0.2) is 11.6 Å². The topological polar surface area (TPSA) is 90.6 Å². The molecule has 0 radical (unpaired) electrons. The minimum Gasteiger partial charge on any atom is -0.357 e. The Labute approximate surface area is 97.5 Å². The fourth-order valence-electron chi connectivity index (χ4n) is 1.39. The minimum atomic E-state index is -0.341. The zero-order valence-electron chi connectivity index (χ0n) is 9.50. The van der Waals surface area contributed by atoms with Crippen molar-refractivity contribution in [2.75, 3.05) is 5.32 Å². The van der Waals surface area contributed by atoms with Crippen molar-refractivity contribution in [2.45, 2.75) is 13.8 Å². The average molecular weight is 232 g/mol. The van der Waals surface area contributed by atoms with Gasteiger partial charge in [0.1, 0.15) is 0 Å². The molecule has 0 fully saturated rings. The van der Waals surface area contributed by atoms with Crippen molar-refractivity contribution >= 4 is 17.4 Å². The van der Waals surface area contributed by atoms with Crippen molar-refractivity contribution in [3.8, 4) is 0 Å². The first kappa shape index (κ1) is 11.1. The van der Waals surface area contributed by atoms with E-state index in [1.54, 1.807) is 25.4 Å². The second-order valence-corrected chi connectivity index (χ2v) is 3.70. The van der Waals surface area contributed by atoms with Crippen LogP contribution in [-0.4, -0.2) is 26.6 Å². The zero-order valence-corrected chi connectivity index (χ0v) is 9.50. The van der Waals surface area contributed by atoms with Gasteiger partial charge in [-0.15, -0.1) is 0 Å². The second kappa shape index (κ2) is 4.25. The van der Waals surface area contributed by atoms with Crippen molar-refractivity contribution in [1.29, 1.82) is 0 Å². The number of carbonyl (C=O) groups excluding carboxylic acids is 2. The van der Waals surface area contributed by atoms with Crippen LogP contribution in [0.3, 0.4) is 0 Å². The summed E-state index contributed by atoms with van der Waals surface area (Å²) in [5, 5.41) is 2.63. The summed E-state index contributed by atoms with van der Waals surface area (Å²) in [4.78, 5) is 32.3. The third-order valence-corrected chi connectivity index (χ3v) is 2.24. The molecule has 88 valence electrons. The fourth-order valence-corrected chi connectivity index (χ4v) is 1.39. The van der Waals surface area contributed by atoms with E-state index in [9.17, 15) is 9.59 Å². The number of Topliss-reactive ketones (excluding diaryl/α,β-unsaturated/α-hetero) is 1. The molecular formula is C11H12N4O2. The number of H-pyrrole nitrogens is 2. The number of aromatic amines is 2. The molecule has 0 aromatic carbocycles. The minimum absolute atomic E-state index is 0.0839. The molecule has 2 aromatic heterocycles. The van der Waals surface area contributed by atoms with Crippen molar-refractivity contribution in [3.63, 3.8) is 0 Å². The summed E-state index contributed by atoms with van der Waals surface area (Å²) in [6, 6.07) is 1.58. The number of carbonyl (C=O) groups is 2. The Morgan fingerprint density at radius 3 is 2.59 bits per heavy atom. The Kier molecular flexibility index (Phi) is 2.78. The van der Waals surface area contributed by atoms with Crippen molar-refractivity contribution < 1.29 is 9.59 Å². The molecule has 6 heteroatoms. The highest BCUT2D eigenvalue weighted by Gasteiger charge is 2.11. The van der Waals surface area contributed by atoms with Gasteiger partial charge in [0.25, 0.3) is 5.91 Å². The molecule has 6 nitrogen and oxygen atoms in total. The SMILES string of the molecule is CC(=O)c1cc(NC(=O)c2nc(C)c[nH]2)c[nH]1. The highest BCUT2D eigenvalue weighted by molar-refractivity contribution is 6.02. The van der Waals surface area contributed by atoms with Crippen LogP contribution in [0.25, 0.3) is 0 Å². The summed E-state index contributed by atoms with van der Waals surface area (Å²) < 4.78 is 0. The van der Waals surface area contributed by atoms with E-state index in [1.165, 1.54) is 6.92 Å². The molecule has 0 bridgehead atoms. The van der Waals surface area contributed by atoms with E-state index in [4.69, 9.17) is 0 Å². The molecular weight excluding hydrogens is 220 g/mol. The number of aromatic nitrogens is 3. The molecule has 0 saturated heterocycles. The molecule has 17 heavy (non-hydrogen) atoms. The molecule has 0 aliphatic rings. The number of rotatable bonds is 3. The van der Waals surface area contributed by atoms with Crippen LogP contribution in [0.1, 0.15) is 33.7 Å². The molecule has 0 aliphatic heterocycles. The number of amides is 1. The fraction of sp³-hybridized carbons (Fsp3) is 0.182. The Hall–Kier alpha value is -2.37. The van der Waals surface area contributed by atoms with Crippen LogP contribution >= 0.6 is 0 Å². The van der Waals surface area contributed by atoms with Gasteiger partial charge in [0, 0.05) is 19.3 Å². The smallest absolute Gasteiger partial charge is 0.291 e. The molecule has 3 N–H and O–H groups in total. The van der Waals surface area contributed by atoms with E-state index < -0.39 is 0 Å². The van der Waals surface area contributed by atoms with Gasteiger partial charge < -0.3 is 15.3 Å². The van der Waals surface area contributed by atoms with Crippen LogP contribution in [-0.2, 0) is 0 Å². The van der Waals surface area contributed by atoms with Gasteiger partial charge in [-0.25, -0.2) is 4.98 Å². The highest BCUT2D eigenvalue weighted by atomic mass is 16.2. The number of hydrogen-bond donors (Lipinski definition) is 3. The Bertz CT molecular complexity index is 568. The van der Waals surface area contributed by atoms with Gasteiger partial charge in [-0.05, 0) is 13.0 Å². The van der Waals surface area contributed by atoms with Gasteiger partial charge >= 0.3 is 0 Å². The Balaban J connectivity index is 2.10. The van der Waals surface area contributed by atoms with E-state index >= 15 is 0 Å². The maximum absolute atomic E-state index is 11.7. The molecule has 1 amide bonds. The lowest BCUT2D eigenvalue weighted by molar-refractivity contribution is 0.100. The third-order valence-electron chi connectivity index (χ3n) is 2.24. The lowest BCUT2D eigenvalue weighted by atomic mass is 10.3. The summed E-state index contributed by atoms with van der Waals surface area (Å²) in [7, 11) is 0. The van der Waals surface area contributed by atoms with Crippen molar-refractivity contribution in [2.24, 2.45) is 0 Å². The van der Waals surface area contributed by atoms with Gasteiger partial charge in [-0.3, -0.25) is 9.59 Å². The van der Waals surface area contributed by atoms with Crippen LogP contribution in [0.2, 0.25) is 0 Å². The van der Waals surface area contributed by atoms with E-state index in [0.29, 0.717) is 11.4 Å². The number of aryl methyl sites for hydroxylation is 1. The predicted octanol–water partition coefficient (Wildman–Crippen LogP) is 1.50. The number of hydrogen-bond acceptors (Lipinski definition) is 3. The number of anilines is 1. The van der Waals surface area contributed by atoms with E-state index in [-0.39, 0.29) is 17.5 Å². The lowest BCUT2D eigenvalue weighted by Gasteiger charge is -1.98. The molecule has 0 spiro atoms. The summed E-state index contributed by atoms with van der Waals surface area (Å²) in [6.45, 7) is 3.24. The molecule has 0 unspecified atom stereocenters. The average Bonchev–Trinajstić information content (AvgIpc) is 2.86. The van der Waals surface area contributed by atoms with Gasteiger partial charge in [-0.2, -0.15) is 0 Å². The monoisotopic (exact) mass is 232 g/mol. The van der Waals surface area contributed by atoms with Gasteiger partial charge in [0.2, 0.25) is 0 Å². The normalized spacial score (nSPS) is 10.2. The maximum atomic E-state index is 11.7. The first-order valence-corrected chi connectivity index (χ1v) is 5.09. The van der Waals surface area contributed by atoms with Crippen LogP contribution in [0, 0.1) is 6.92 Å². The summed E-state index contributed by atoms with van der Waals surface area (Å²) in [5.41, 5.74) is 1.74. The molecule has 2 rings (SSSR count). The van der Waals surface area contributed by atoms with E-state index in [1.807, 2.05) is 0 Å². The zero-order chi connectivity index (χ0) is 12.4. The predicted molar refractivity (Wildman–Crippen MR) is 62.1 cm³/mol. The number of nitrogens with one attached hydrogen (secondary N) is 3. The number of imidazole rings is 1. The van der Waals surface area contributed by atoms with Crippen molar-refractivity contribution in [1.82, 2.24) is 15.0 Å². The molecule has 0 aliphatic carbocycles. The van der Waals surface area contributed by atoms with Gasteiger partial charge in [0.05, 0.1) is 17.1 Å². The van der Waals surface area contributed by atoms with Crippen LogP contribution in [0.4, 0.5) is 5.69 Å². The quantitative estimate of drug-likeness (QED) is 0.700. The van der Waals surface area contributed by atoms with E-state index in [0.717, 1.165) is 5.69 Å². The van der Waals surface area contributed by atoms with Crippen LogP contribution < -0.4 is 5.32 Å². The number of nitrogens with zero attached hydrogens (tertiary/aromatic N) is 1. The van der Waals surface area contributed by atoms with Crippen molar-refractivity contribution in [3.05, 3.63) is 35.7 Å². The molecule has 2 heterocycles. The standard InChI is InChI=1S/C11H12N4O2/c1-6-4-13-10(14-6)11(17)15-8-3-9(7(2)16)12-5-8/h3-5,12H,1-2H3,(H,13,14)(H,15,17). The lowest BCUT2D eigenvalue weighted by Crippen LogP contribution is -2.13. The summed E-state index contributed by atoms with van der Waals surface area (Å²) >= 11 is 0. The van der Waals surface area contributed by atoms with Gasteiger partial charge in [-0.1, -0.05) is 0 Å². The second-order valence-electron chi connectivity index (χ2n) is 3.70. The molecule has 0 saturated carbocycles. The highest BCUT2D eigenvalue weighted by Crippen LogP contribution is 2.11. The first-order valence-electron chi connectivity index (χ1n) is 5.09. The molecule has 0 atom stereocenters. The van der Waals surface area contributed by atoms with E-state index in [2.05, 4.69) is 20.3 Å². The third kappa shape index (κ3) is 2.41. The van der Waals surface area contributed by atoms with Crippen LogP contribution in [0.15, 0.2) is 18.5 Å². The molecule has 2 aromatic rings. The first-order chi connectivity index (χ1) is 8.06. The Morgan fingerprint density at radius 2 is 2.06 bits per heavy atom. The van der Waals surface area contributed by atoms with Crippen LogP contribution in [0.5, 0.6) is 0 Å². The summed E-state index contributed by atoms with van der Waals surface area (Å²) in [5.74, 6) is -0.181. The Morgan fingerprint density at radius 1 is 1.29 bits per heavy atom. The number of ketones is 1. The summed E-state index contributed by atoms with van der Waals surface area (Å²) in [6.07, 6.45) is 3.21. The largest absolute Gasteiger partial charge is 0.357 e.